The van der Waals surface area contributed by atoms with Crippen LogP contribution in [-0.4, -0.2) is 36.1 Å². The Morgan fingerprint density at radius 1 is 1.37 bits per heavy atom. The molecule has 1 heterocycles. The minimum absolute atomic E-state index is 0.0197. The van der Waals surface area contributed by atoms with Crippen LogP contribution in [0, 0.1) is 0 Å². The van der Waals surface area contributed by atoms with Gasteiger partial charge in [0.2, 0.25) is 5.88 Å². The molecule has 1 atom stereocenters. The number of hydrogen-bond acceptors (Lipinski definition) is 5. The highest BCUT2D eigenvalue weighted by Crippen LogP contribution is 2.14. The number of nitrogens with one attached hydrogen (secondary N) is 1. The topological polar surface area (TPSA) is 60.5 Å². The van der Waals surface area contributed by atoms with Gasteiger partial charge in [-0.2, -0.15) is 0 Å². The third kappa shape index (κ3) is 6.76. The van der Waals surface area contributed by atoms with Crippen LogP contribution in [0.25, 0.3) is 0 Å². The molecule has 5 nitrogen and oxygen atoms in total. The number of aromatic nitrogens is 1. The van der Waals surface area contributed by atoms with Crippen molar-refractivity contribution in [2.24, 2.45) is 0 Å². The minimum Gasteiger partial charge on any atom is -0.484 e. The lowest BCUT2D eigenvalue weighted by molar-refractivity contribution is -0.118. The Bertz CT molecular complexity index is 390. The van der Waals surface area contributed by atoms with Crippen molar-refractivity contribution >= 4 is 5.78 Å². The zero-order chi connectivity index (χ0) is 14.3. The Balaban J connectivity index is 2.41. The first-order chi connectivity index (χ1) is 8.97. The Morgan fingerprint density at radius 3 is 2.63 bits per heavy atom. The zero-order valence-corrected chi connectivity index (χ0v) is 12.0. The molecule has 19 heavy (non-hydrogen) atoms. The summed E-state index contributed by atoms with van der Waals surface area (Å²) in [5.41, 5.74) is 0. The Morgan fingerprint density at radius 2 is 2.11 bits per heavy atom. The molecule has 0 saturated heterocycles. The fourth-order valence-corrected chi connectivity index (χ4v) is 1.36. The van der Waals surface area contributed by atoms with Crippen LogP contribution < -0.4 is 14.8 Å². The lowest BCUT2D eigenvalue weighted by Crippen LogP contribution is -2.33. The summed E-state index contributed by atoms with van der Waals surface area (Å²) >= 11 is 0. The summed E-state index contributed by atoms with van der Waals surface area (Å²) in [4.78, 5) is 14.9. The van der Waals surface area contributed by atoms with Crippen LogP contribution in [-0.2, 0) is 4.79 Å². The highest BCUT2D eigenvalue weighted by atomic mass is 16.5. The minimum atomic E-state index is -0.0197. The number of Topliss-reactive ketones (excluding diaryl/α,β-unsaturated/α-hetero) is 1. The predicted octanol–water partition coefficient (Wildman–Crippen LogP) is 1.81. The average molecular weight is 266 g/mol. The van der Waals surface area contributed by atoms with E-state index >= 15 is 0 Å². The molecular weight excluding hydrogens is 244 g/mol. The van der Waals surface area contributed by atoms with Gasteiger partial charge in [0, 0.05) is 18.7 Å². The molecule has 0 aliphatic carbocycles. The zero-order valence-electron chi connectivity index (χ0n) is 12.0. The van der Waals surface area contributed by atoms with E-state index in [1.807, 2.05) is 6.92 Å². The monoisotopic (exact) mass is 266 g/mol. The number of rotatable bonds is 8. The van der Waals surface area contributed by atoms with Crippen LogP contribution in [0.3, 0.4) is 0 Å². The second kappa shape index (κ2) is 7.74. The summed E-state index contributed by atoms with van der Waals surface area (Å²) in [6, 6.07) is 3.91. The van der Waals surface area contributed by atoms with Crippen LogP contribution in [0.2, 0.25) is 0 Å². The van der Waals surface area contributed by atoms with Crippen molar-refractivity contribution in [1.29, 1.82) is 0 Å². The fraction of sp³-hybridized carbons (Fsp3) is 0.571. The smallest absolute Gasteiger partial charge is 0.213 e. The second-order valence-corrected chi connectivity index (χ2v) is 4.81. The lowest BCUT2D eigenvalue weighted by Gasteiger charge is -2.16. The third-order valence-corrected chi connectivity index (χ3v) is 2.29. The normalized spacial score (nSPS) is 12.3. The summed E-state index contributed by atoms with van der Waals surface area (Å²) < 4.78 is 10.9. The molecule has 0 amide bonds. The molecule has 1 N–H and O–H groups in total. The van der Waals surface area contributed by atoms with Gasteiger partial charge in [0.15, 0.2) is 5.78 Å². The van der Waals surface area contributed by atoms with E-state index in [0.717, 1.165) is 6.54 Å². The first-order valence-corrected chi connectivity index (χ1v) is 6.45. The van der Waals surface area contributed by atoms with Gasteiger partial charge in [-0.1, -0.05) is 13.8 Å². The van der Waals surface area contributed by atoms with Gasteiger partial charge in [0.25, 0.3) is 0 Å². The number of hydrogen-bond donors (Lipinski definition) is 1. The predicted molar refractivity (Wildman–Crippen MR) is 73.6 cm³/mol. The van der Waals surface area contributed by atoms with Gasteiger partial charge in [0.1, 0.15) is 18.5 Å². The van der Waals surface area contributed by atoms with E-state index in [4.69, 9.17) is 9.47 Å². The Labute approximate surface area is 114 Å². The SMILES string of the molecule is CC(=O)COc1ccc(O[C@@H](C)CNC(C)C)nc1. The summed E-state index contributed by atoms with van der Waals surface area (Å²) in [5, 5.41) is 3.29. The highest BCUT2D eigenvalue weighted by molar-refractivity contribution is 5.77. The van der Waals surface area contributed by atoms with Gasteiger partial charge in [-0.25, -0.2) is 4.98 Å². The van der Waals surface area contributed by atoms with Gasteiger partial charge in [-0.05, 0) is 19.9 Å². The molecule has 1 aromatic rings. The quantitative estimate of drug-likeness (QED) is 0.777. The van der Waals surface area contributed by atoms with Gasteiger partial charge in [-0.15, -0.1) is 0 Å². The van der Waals surface area contributed by atoms with E-state index in [-0.39, 0.29) is 18.5 Å². The molecule has 0 aliphatic rings. The molecule has 0 aromatic carbocycles. The number of pyridine rings is 1. The third-order valence-electron chi connectivity index (χ3n) is 2.29. The Hall–Kier alpha value is -1.62. The van der Waals surface area contributed by atoms with Crippen LogP contribution in [0.15, 0.2) is 18.3 Å². The van der Waals surface area contributed by atoms with E-state index in [2.05, 4.69) is 24.1 Å². The maximum atomic E-state index is 10.8. The second-order valence-electron chi connectivity index (χ2n) is 4.81. The molecule has 0 aliphatic heterocycles. The van der Waals surface area contributed by atoms with Gasteiger partial charge < -0.3 is 14.8 Å². The molecule has 106 valence electrons. The van der Waals surface area contributed by atoms with Crippen molar-refractivity contribution in [2.45, 2.75) is 39.8 Å². The number of carbonyl (C=O) groups excluding carboxylic acids is 1. The standard InChI is InChI=1S/C14H22N2O3/c1-10(2)15-7-12(4)19-14-6-5-13(8-16-14)18-9-11(3)17/h5-6,8,10,12,15H,7,9H2,1-4H3/t12-/m0/s1. The number of ketones is 1. The molecule has 1 aromatic heterocycles. The molecule has 5 heteroatoms. The molecule has 0 bridgehead atoms. The summed E-state index contributed by atoms with van der Waals surface area (Å²) in [6.07, 6.45) is 1.60. The molecule has 0 unspecified atom stereocenters. The molecule has 0 spiro atoms. The van der Waals surface area contributed by atoms with E-state index in [9.17, 15) is 4.79 Å². The van der Waals surface area contributed by atoms with E-state index in [0.29, 0.717) is 17.7 Å². The summed E-state index contributed by atoms with van der Waals surface area (Å²) in [6.45, 7) is 8.47. The number of nitrogens with zero attached hydrogens (tertiary/aromatic N) is 1. The fourth-order valence-electron chi connectivity index (χ4n) is 1.36. The van der Waals surface area contributed by atoms with E-state index < -0.39 is 0 Å². The number of ether oxygens (including phenoxy) is 2. The van der Waals surface area contributed by atoms with E-state index in [1.165, 1.54) is 6.92 Å². The molecule has 0 radical (unpaired) electrons. The van der Waals surface area contributed by atoms with Crippen molar-refractivity contribution in [3.8, 4) is 11.6 Å². The van der Waals surface area contributed by atoms with Crippen LogP contribution in [0.4, 0.5) is 0 Å². The average Bonchev–Trinajstić information content (AvgIpc) is 2.35. The van der Waals surface area contributed by atoms with Crippen molar-refractivity contribution in [1.82, 2.24) is 10.3 Å². The van der Waals surface area contributed by atoms with Crippen molar-refractivity contribution in [3.05, 3.63) is 18.3 Å². The van der Waals surface area contributed by atoms with Gasteiger partial charge in [-0.3, -0.25) is 4.79 Å². The lowest BCUT2D eigenvalue weighted by atomic mass is 10.3. The van der Waals surface area contributed by atoms with Crippen molar-refractivity contribution < 1.29 is 14.3 Å². The van der Waals surface area contributed by atoms with Crippen LogP contribution in [0.1, 0.15) is 27.7 Å². The molecule has 0 saturated carbocycles. The van der Waals surface area contributed by atoms with Crippen LogP contribution in [0.5, 0.6) is 11.6 Å². The first-order valence-electron chi connectivity index (χ1n) is 6.45. The van der Waals surface area contributed by atoms with Crippen LogP contribution >= 0.6 is 0 Å². The number of carbonyl (C=O) groups is 1. The maximum absolute atomic E-state index is 10.8. The molecule has 1 rings (SSSR count). The largest absolute Gasteiger partial charge is 0.484 e. The highest BCUT2D eigenvalue weighted by Gasteiger charge is 2.06. The van der Waals surface area contributed by atoms with Crippen molar-refractivity contribution in [2.75, 3.05) is 13.2 Å². The van der Waals surface area contributed by atoms with E-state index in [1.54, 1.807) is 18.3 Å². The molecule has 0 fully saturated rings. The Kier molecular flexibility index (Phi) is 6.29. The summed E-state index contributed by atoms with van der Waals surface area (Å²) in [5.74, 6) is 1.09. The maximum Gasteiger partial charge on any atom is 0.213 e. The molecular formula is C14H22N2O3. The first kappa shape index (κ1) is 15.4. The van der Waals surface area contributed by atoms with Gasteiger partial charge >= 0.3 is 0 Å². The van der Waals surface area contributed by atoms with Gasteiger partial charge in [0.05, 0.1) is 6.20 Å². The summed E-state index contributed by atoms with van der Waals surface area (Å²) in [7, 11) is 0. The van der Waals surface area contributed by atoms with Crippen molar-refractivity contribution in [3.63, 3.8) is 0 Å².